The zero-order valence-corrected chi connectivity index (χ0v) is 12.3. The molecule has 0 aliphatic heterocycles. The van der Waals surface area contributed by atoms with Crippen LogP contribution in [-0.4, -0.2) is 56.1 Å². The summed E-state index contributed by atoms with van der Waals surface area (Å²) in [6.45, 7) is 3.45. The third-order valence-corrected chi connectivity index (χ3v) is 1.17. The number of hydrogen-bond donors (Lipinski definition) is 0. The third kappa shape index (κ3) is 8.35. The molecular formula is C7H6Cl2Mg2N2O2. The monoisotopic (exact) mass is 268 g/mol. The Morgan fingerprint density at radius 2 is 1.80 bits per heavy atom. The molecule has 0 radical (unpaired) electrons. The van der Waals surface area contributed by atoms with Crippen molar-refractivity contribution in [3.63, 3.8) is 0 Å². The largest absolute Gasteiger partial charge is 2.00 e. The zero-order chi connectivity index (χ0) is 8.27. The second kappa shape index (κ2) is 12.6. The quantitative estimate of drug-likeness (QED) is 0.395. The molecule has 0 aliphatic rings. The summed E-state index contributed by atoms with van der Waals surface area (Å²) in [6, 6.07) is -0.734. The fourth-order valence-electron chi connectivity index (χ4n) is 0.671. The van der Waals surface area contributed by atoms with Crippen LogP contribution in [0.1, 0.15) is 5.56 Å². The van der Waals surface area contributed by atoms with Gasteiger partial charge in [-0.1, -0.05) is 6.08 Å². The van der Waals surface area contributed by atoms with Crippen LogP contribution in [0.5, 0.6) is 11.9 Å². The van der Waals surface area contributed by atoms with E-state index in [1.807, 2.05) is 0 Å². The summed E-state index contributed by atoms with van der Waals surface area (Å²) < 4.78 is 0. The van der Waals surface area contributed by atoms with Crippen molar-refractivity contribution in [1.29, 1.82) is 0 Å². The normalized spacial score (nSPS) is 6.93. The fraction of sp³-hybridized carbons (Fsp3) is 0.143. The van der Waals surface area contributed by atoms with Gasteiger partial charge < -0.3 is 35.0 Å². The summed E-state index contributed by atoms with van der Waals surface area (Å²) in [7, 11) is 0. The molecule has 0 atom stereocenters. The number of rotatable bonds is 2. The van der Waals surface area contributed by atoms with E-state index in [0.717, 1.165) is 0 Å². The third-order valence-electron chi connectivity index (χ3n) is 1.17. The molecule has 0 fully saturated rings. The Balaban J connectivity index is -0.000000151. The summed E-state index contributed by atoms with van der Waals surface area (Å²) in [4.78, 5) is 6.47. The molecule has 0 aliphatic carbocycles. The van der Waals surface area contributed by atoms with Crippen LogP contribution in [-0.2, 0) is 6.42 Å². The summed E-state index contributed by atoms with van der Waals surface area (Å²) >= 11 is 0. The van der Waals surface area contributed by atoms with Crippen LogP contribution in [0.25, 0.3) is 0 Å². The van der Waals surface area contributed by atoms with Crippen LogP contribution >= 0.6 is 0 Å². The minimum absolute atomic E-state index is 0. The average Bonchev–Trinajstić information content (AvgIpc) is 1.95. The fourth-order valence-corrected chi connectivity index (χ4v) is 0.671. The van der Waals surface area contributed by atoms with E-state index < -0.39 is 11.9 Å². The van der Waals surface area contributed by atoms with E-state index in [1.54, 1.807) is 6.08 Å². The Hall–Kier alpha value is 0.532. The Morgan fingerprint density at radius 3 is 2.20 bits per heavy atom. The van der Waals surface area contributed by atoms with Gasteiger partial charge in [-0.15, -0.1) is 6.58 Å². The van der Waals surface area contributed by atoms with E-state index in [4.69, 9.17) is 0 Å². The molecule has 8 heteroatoms. The van der Waals surface area contributed by atoms with E-state index in [9.17, 15) is 10.2 Å². The Labute approximate surface area is 133 Å². The molecule has 1 aromatic heterocycles. The molecule has 1 rings (SSSR count). The topological polar surface area (TPSA) is 71.9 Å². The van der Waals surface area contributed by atoms with Crippen molar-refractivity contribution >= 4 is 46.1 Å². The summed E-state index contributed by atoms with van der Waals surface area (Å²) in [6.07, 6.45) is 3.20. The molecule has 0 spiro atoms. The molecule has 74 valence electrons. The molecule has 0 bridgehead atoms. The van der Waals surface area contributed by atoms with E-state index in [2.05, 4.69) is 16.5 Å². The standard InChI is InChI=1S/C7H8N2O2.2ClH.2Mg/c1-2-3-5-4-8-7(11)9-6(5)10;;;;/h2,4H,1,3H2,(H2,8,9,10,11);2*1H;;/q;;;2*+2/p-4. The van der Waals surface area contributed by atoms with Gasteiger partial charge in [-0.3, -0.25) is 9.97 Å². The molecule has 0 amide bonds. The van der Waals surface area contributed by atoms with Gasteiger partial charge in [0.15, 0.2) is 0 Å². The van der Waals surface area contributed by atoms with Gasteiger partial charge in [0, 0.05) is 6.20 Å². The Morgan fingerprint density at radius 1 is 1.27 bits per heavy atom. The minimum Gasteiger partial charge on any atom is -1.00 e. The van der Waals surface area contributed by atoms with Crippen LogP contribution in [0.3, 0.4) is 0 Å². The van der Waals surface area contributed by atoms with Crippen LogP contribution in [0.4, 0.5) is 0 Å². The maximum atomic E-state index is 10.8. The molecule has 15 heavy (non-hydrogen) atoms. The Kier molecular flexibility index (Phi) is 20.7. The average molecular weight is 270 g/mol. The van der Waals surface area contributed by atoms with Crippen molar-refractivity contribution in [3.05, 3.63) is 24.4 Å². The summed E-state index contributed by atoms with van der Waals surface area (Å²) in [5.74, 6) is -0.509. The van der Waals surface area contributed by atoms with Crippen molar-refractivity contribution in [2.45, 2.75) is 6.42 Å². The second-order valence-corrected chi connectivity index (χ2v) is 1.98. The second-order valence-electron chi connectivity index (χ2n) is 1.98. The zero-order valence-electron chi connectivity index (χ0n) is 7.95. The number of hydrogen-bond acceptors (Lipinski definition) is 4. The van der Waals surface area contributed by atoms with Gasteiger partial charge in [-0.2, -0.15) is 0 Å². The van der Waals surface area contributed by atoms with Gasteiger partial charge in [-0.05, 0) is 17.9 Å². The van der Waals surface area contributed by atoms with Crippen molar-refractivity contribution in [1.82, 2.24) is 9.97 Å². The molecule has 1 heterocycles. The van der Waals surface area contributed by atoms with Crippen LogP contribution in [0.15, 0.2) is 18.9 Å². The van der Waals surface area contributed by atoms with Gasteiger partial charge in [-0.25, -0.2) is 0 Å². The van der Waals surface area contributed by atoms with E-state index in [-0.39, 0.29) is 70.9 Å². The van der Waals surface area contributed by atoms with Gasteiger partial charge in [0.1, 0.15) is 0 Å². The van der Waals surface area contributed by atoms with Crippen LogP contribution < -0.4 is 35.0 Å². The van der Waals surface area contributed by atoms with E-state index in [1.165, 1.54) is 6.20 Å². The van der Waals surface area contributed by atoms with Gasteiger partial charge in [0.2, 0.25) is 0 Å². The molecule has 0 N–H and O–H groups in total. The number of aromatic nitrogens is 2. The molecule has 4 nitrogen and oxygen atoms in total. The smallest absolute Gasteiger partial charge is 1.00 e. The summed E-state index contributed by atoms with van der Waals surface area (Å²) in [5.41, 5.74) is 0.402. The van der Waals surface area contributed by atoms with Crippen molar-refractivity contribution < 1.29 is 35.0 Å². The first kappa shape index (κ1) is 24.7. The molecule has 0 saturated heterocycles. The minimum atomic E-state index is -0.734. The van der Waals surface area contributed by atoms with Gasteiger partial charge in [0.05, 0.1) is 6.01 Å². The number of halogens is 2. The van der Waals surface area contributed by atoms with Crippen LogP contribution in [0.2, 0.25) is 0 Å². The van der Waals surface area contributed by atoms with Crippen molar-refractivity contribution in [2.24, 2.45) is 0 Å². The number of nitrogens with zero attached hydrogens (tertiary/aromatic N) is 2. The van der Waals surface area contributed by atoms with E-state index >= 15 is 0 Å². The van der Waals surface area contributed by atoms with Crippen molar-refractivity contribution in [3.8, 4) is 11.9 Å². The van der Waals surface area contributed by atoms with Crippen LogP contribution in [0, 0.1) is 0 Å². The van der Waals surface area contributed by atoms with E-state index in [0.29, 0.717) is 12.0 Å². The maximum absolute atomic E-state index is 10.8. The van der Waals surface area contributed by atoms with Gasteiger partial charge in [0.25, 0.3) is 0 Å². The predicted molar refractivity (Wildman–Crippen MR) is 46.3 cm³/mol. The first-order valence-corrected chi connectivity index (χ1v) is 3.05. The SMILES string of the molecule is C=CCc1cnc([O-])nc1[O-].[Cl-].[Cl-].[Mg+2].[Mg+2]. The maximum Gasteiger partial charge on any atom is 2.00 e. The molecule has 0 unspecified atom stereocenters. The molecular weight excluding hydrogens is 264 g/mol. The van der Waals surface area contributed by atoms with Crippen molar-refractivity contribution in [2.75, 3.05) is 0 Å². The molecule has 0 saturated carbocycles. The van der Waals surface area contributed by atoms with Gasteiger partial charge >= 0.3 is 46.1 Å². The first-order valence-electron chi connectivity index (χ1n) is 3.05. The predicted octanol–water partition coefficient (Wildman–Crippen LogP) is -7.40. The molecule has 0 aromatic carbocycles. The first-order chi connectivity index (χ1) is 5.24. The Bertz CT molecular complexity index is 290. The number of allylic oxidation sites excluding steroid dienone is 1. The summed E-state index contributed by atoms with van der Waals surface area (Å²) in [5, 5.41) is 21.2. The molecule has 1 aromatic rings.